The van der Waals surface area contributed by atoms with Crippen LogP contribution in [0.4, 0.5) is 0 Å². The van der Waals surface area contributed by atoms with Gasteiger partial charge >= 0.3 is 0 Å². The quantitative estimate of drug-likeness (QED) is 0.446. The van der Waals surface area contributed by atoms with E-state index >= 15 is 0 Å². The fourth-order valence-electron chi connectivity index (χ4n) is 1.03. The van der Waals surface area contributed by atoms with Crippen LogP contribution >= 0.6 is 0 Å². The Hall–Kier alpha value is -0.380. The molecule has 0 spiro atoms. The molecule has 15 heavy (non-hydrogen) atoms. The number of rotatable bonds is 10. The Labute approximate surface area is 93.8 Å². The smallest absolute Gasteiger partial charge is 0.0647 e. The molecule has 0 radical (unpaired) electrons. The molecule has 0 aromatic heterocycles. The first kappa shape index (κ1) is 14.6. The largest absolute Gasteiger partial charge is 0.379 e. The van der Waals surface area contributed by atoms with Crippen LogP contribution in [0.15, 0.2) is 12.2 Å². The highest BCUT2D eigenvalue weighted by atomic mass is 16.5. The van der Waals surface area contributed by atoms with Crippen molar-refractivity contribution in [2.75, 3.05) is 32.9 Å². The second-order valence-electron chi connectivity index (χ2n) is 3.67. The second-order valence-corrected chi connectivity index (χ2v) is 3.67. The molecule has 0 saturated heterocycles. The lowest BCUT2D eigenvalue weighted by molar-refractivity contribution is 0.0766. The van der Waals surface area contributed by atoms with Gasteiger partial charge < -0.3 is 14.8 Å². The summed E-state index contributed by atoms with van der Waals surface area (Å²) in [5, 5.41) is 3.31. The van der Waals surface area contributed by atoms with E-state index in [9.17, 15) is 0 Å². The van der Waals surface area contributed by atoms with Gasteiger partial charge in [-0.15, -0.1) is 0 Å². The minimum atomic E-state index is 0.342. The van der Waals surface area contributed by atoms with E-state index in [-0.39, 0.29) is 0 Å². The van der Waals surface area contributed by atoms with Crippen LogP contribution in [0.3, 0.4) is 0 Å². The molecular weight excluding hydrogens is 190 g/mol. The minimum Gasteiger partial charge on any atom is -0.379 e. The van der Waals surface area contributed by atoms with E-state index in [0.29, 0.717) is 12.7 Å². The Morgan fingerprint density at radius 3 is 2.67 bits per heavy atom. The van der Waals surface area contributed by atoms with E-state index in [4.69, 9.17) is 9.47 Å². The highest BCUT2D eigenvalue weighted by molar-refractivity contribution is 4.75. The highest BCUT2D eigenvalue weighted by Crippen LogP contribution is 1.88. The summed E-state index contributed by atoms with van der Waals surface area (Å²) >= 11 is 0. The number of ether oxygens (including phenoxy) is 2. The van der Waals surface area contributed by atoms with E-state index in [1.165, 1.54) is 0 Å². The second kappa shape index (κ2) is 11.7. The summed E-state index contributed by atoms with van der Waals surface area (Å²) in [4.78, 5) is 0. The van der Waals surface area contributed by atoms with Crippen molar-refractivity contribution in [1.82, 2.24) is 5.32 Å². The van der Waals surface area contributed by atoms with Crippen LogP contribution in [0, 0.1) is 0 Å². The van der Waals surface area contributed by atoms with Crippen molar-refractivity contribution in [3.8, 4) is 0 Å². The lowest BCUT2D eigenvalue weighted by atomic mass is 10.4. The predicted molar refractivity (Wildman–Crippen MR) is 64.2 cm³/mol. The molecule has 0 aliphatic heterocycles. The van der Waals surface area contributed by atoms with Crippen molar-refractivity contribution in [1.29, 1.82) is 0 Å². The highest BCUT2D eigenvalue weighted by Gasteiger charge is 1.92. The molecule has 0 bridgehead atoms. The van der Waals surface area contributed by atoms with Gasteiger partial charge in [-0.3, -0.25) is 0 Å². The fourth-order valence-corrected chi connectivity index (χ4v) is 1.03. The lowest BCUT2D eigenvalue weighted by Gasteiger charge is -2.08. The van der Waals surface area contributed by atoms with E-state index in [0.717, 1.165) is 32.7 Å². The Morgan fingerprint density at radius 2 is 2.00 bits per heavy atom. The maximum absolute atomic E-state index is 5.42. The Bertz CT molecular complexity index is 147. The Kier molecular flexibility index (Phi) is 11.4. The summed E-state index contributed by atoms with van der Waals surface area (Å²) in [7, 11) is 0. The molecule has 0 aliphatic carbocycles. The molecule has 0 saturated carbocycles. The van der Waals surface area contributed by atoms with Gasteiger partial charge in [0.15, 0.2) is 0 Å². The van der Waals surface area contributed by atoms with Crippen LogP contribution in [0.5, 0.6) is 0 Å². The van der Waals surface area contributed by atoms with E-state index in [1.807, 2.05) is 19.1 Å². The molecule has 3 nitrogen and oxygen atoms in total. The SMILES string of the molecule is CC=CCOCCNCCCOC(C)C. The van der Waals surface area contributed by atoms with Gasteiger partial charge in [-0.2, -0.15) is 0 Å². The molecule has 0 aromatic carbocycles. The maximum Gasteiger partial charge on any atom is 0.0647 e. The average Bonchev–Trinajstić information content (AvgIpc) is 2.20. The van der Waals surface area contributed by atoms with E-state index < -0.39 is 0 Å². The standard InChI is InChI=1S/C12H25NO2/c1-4-5-9-14-11-8-13-7-6-10-15-12(2)3/h4-5,12-13H,6-11H2,1-3H3. The third kappa shape index (κ3) is 13.6. The number of hydrogen-bond acceptors (Lipinski definition) is 3. The van der Waals surface area contributed by atoms with Gasteiger partial charge in [0.2, 0.25) is 0 Å². The van der Waals surface area contributed by atoms with Gasteiger partial charge in [0.05, 0.1) is 19.3 Å². The monoisotopic (exact) mass is 215 g/mol. The zero-order valence-electron chi connectivity index (χ0n) is 10.3. The van der Waals surface area contributed by atoms with Crippen molar-refractivity contribution < 1.29 is 9.47 Å². The third-order valence-electron chi connectivity index (χ3n) is 1.82. The van der Waals surface area contributed by atoms with Crippen molar-refractivity contribution >= 4 is 0 Å². The van der Waals surface area contributed by atoms with Gasteiger partial charge in [-0.25, -0.2) is 0 Å². The lowest BCUT2D eigenvalue weighted by Crippen LogP contribution is -2.22. The third-order valence-corrected chi connectivity index (χ3v) is 1.82. The molecule has 0 atom stereocenters. The van der Waals surface area contributed by atoms with Crippen molar-refractivity contribution in [3.63, 3.8) is 0 Å². The Balaban J connectivity index is 2.92. The van der Waals surface area contributed by atoms with Crippen LogP contribution in [-0.4, -0.2) is 39.0 Å². The normalized spacial score (nSPS) is 11.7. The molecule has 3 heteroatoms. The molecule has 0 fully saturated rings. The van der Waals surface area contributed by atoms with Gasteiger partial charge in [0, 0.05) is 13.2 Å². The van der Waals surface area contributed by atoms with Crippen molar-refractivity contribution in [3.05, 3.63) is 12.2 Å². The summed E-state index contributed by atoms with van der Waals surface area (Å²) in [6, 6.07) is 0. The van der Waals surface area contributed by atoms with Crippen molar-refractivity contribution in [2.45, 2.75) is 33.3 Å². The summed E-state index contributed by atoms with van der Waals surface area (Å²) < 4.78 is 10.8. The first-order chi connectivity index (χ1) is 7.27. The van der Waals surface area contributed by atoms with Gasteiger partial charge in [0.1, 0.15) is 0 Å². The van der Waals surface area contributed by atoms with Gasteiger partial charge in [-0.05, 0) is 33.7 Å². The first-order valence-corrected chi connectivity index (χ1v) is 5.78. The van der Waals surface area contributed by atoms with Gasteiger partial charge in [-0.1, -0.05) is 12.2 Å². The minimum absolute atomic E-state index is 0.342. The summed E-state index contributed by atoms with van der Waals surface area (Å²) in [6.07, 6.45) is 5.41. The number of hydrogen-bond donors (Lipinski definition) is 1. The van der Waals surface area contributed by atoms with E-state index in [1.54, 1.807) is 0 Å². The zero-order valence-corrected chi connectivity index (χ0v) is 10.3. The topological polar surface area (TPSA) is 30.5 Å². The molecular formula is C12H25NO2. The predicted octanol–water partition coefficient (Wildman–Crippen LogP) is 1.98. The van der Waals surface area contributed by atoms with Crippen LogP contribution < -0.4 is 5.32 Å². The van der Waals surface area contributed by atoms with Crippen LogP contribution in [0.2, 0.25) is 0 Å². The molecule has 0 heterocycles. The zero-order chi connectivity index (χ0) is 11.4. The first-order valence-electron chi connectivity index (χ1n) is 5.78. The molecule has 1 N–H and O–H groups in total. The summed E-state index contributed by atoms with van der Waals surface area (Å²) in [6.45, 7) is 10.4. The molecule has 0 aliphatic rings. The fraction of sp³-hybridized carbons (Fsp3) is 0.833. The number of allylic oxidation sites excluding steroid dienone is 1. The molecule has 90 valence electrons. The van der Waals surface area contributed by atoms with Gasteiger partial charge in [0.25, 0.3) is 0 Å². The molecule has 0 aromatic rings. The summed E-state index contributed by atoms with van der Waals surface area (Å²) in [5.41, 5.74) is 0. The van der Waals surface area contributed by atoms with E-state index in [2.05, 4.69) is 19.2 Å². The average molecular weight is 215 g/mol. The molecule has 0 unspecified atom stereocenters. The van der Waals surface area contributed by atoms with Crippen LogP contribution in [-0.2, 0) is 9.47 Å². The van der Waals surface area contributed by atoms with Crippen LogP contribution in [0.1, 0.15) is 27.2 Å². The Morgan fingerprint density at radius 1 is 1.20 bits per heavy atom. The summed E-state index contributed by atoms with van der Waals surface area (Å²) in [5.74, 6) is 0. The van der Waals surface area contributed by atoms with Crippen molar-refractivity contribution in [2.24, 2.45) is 0 Å². The molecule has 0 amide bonds. The van der Waals surface area contributed by atoms with Crippen LogP contribution in [0.25, 0.3) is 0 Å². The number of nitrogens with one attached hydrogen (secondary N) is 1. The molecule has 0 rings (SSSR count). The maximum atomic E-state index is 5.42.